The fraction of sp³-hybridized carbons (Fsp3) is 0.588. The Bertz CT molecular complexity index is 582. The third-order valence-electron chi connectivity index (χ3n) is 4.84. The molecule has 1 aliphatic carbocycles. The van der Waals surface area contributed by atoms with Gasteiger partial charge in [0, 0.05) is 6.04 Å². The molecule has 0 spiro atoms. The van der Waals surface area contributed by atoms with Crippen molar-refractivity contribution in [3.63, 3.8) is 0 Å². The Morgan fingerprint density at radius 3 is 2.57 bits per heavy atom. The zero-order valence-corrected chi connectivity index (χ0v) is 13.4. The molecule has 1 aromatic carbocycles. The monoisotopic (exact) mass is 288 g/mol. The number of hydrogen-bond acceptors (Lipinski definition) is 3. The van der Waals surface area contributed by atoms with Crippen molar-refractivity contribution in [3.8, 4) is 5.75 Å². The predicted octanol–water partition coefficient (Wildman–Crippen LogP) is 2.62. The van der Waals surface area contributed by atoms with Gasteiger partial charge in [0.2, 0.25) is 5.91 Å². The number of nitrogens with zero attached hydrogens (tertiary/aromatic N) is 1. The SMILES string of the molecule is COc1ccc(C2NC(C)C(=O)N2C2CC2(C)C)cc1C. The zero-order valence-electron chi connectivity index (χ0n) is 13.4. The summed E-state index contributed by atoms with van der Waals surface area (Å²) in [7, 11) is 1.68. The first-order chi connectivity index (χ1) is 9.85. The molecule has 1 saturated heterocycles. The molecule has 4 nitrogen and oxygen atoms in total. The van der Waals surface area contributed by atoms with Crippen LogP contribution in [0.25, 0.3) is 0 Å². The van der Waals surface area contributed by atoms with Crippen LogP contribution in [-0.2, 0) is 4.79 Å². The number of hydrogen-bond donors (Lipinski definition) is 1. The third-order valence-corrected chi connectivity index (χ3v) is 4.84. The summed E-state index contributed by atoms with van der Waals surface area (Å²) in [4.78, 5) is 14.6. The number of rotatable bonds is 3. The summed E-state index contributed by atoms with van der Waals surface area (Å²) in [6.45, 7) is 8.43. The van der Waals surface area contributed by atoms with E-state index in [0.29, 0.717) is 6.04 Å². The van der Waals surface area contributed by atoms with E-state index < -0.39 is 0 Å². The van der Waals surface area contributed by atoms with Crippen molar-refractivity contribution in [3.05, 3.63) is 29.3 Å². The Labute approximate surface area is 126 Å². The van der Waals surface area contributed by atoms with Gasteiger partial charge in [0.05, 0.1) is 13.2 Å². The van der Waals surface area contributed by atoms with E-state index in [1.54, 1.807) is 7.11 Å². The number of carbonyl (C=O) groups excluding carboxylic acids is 1. The normalized spacial score (nSPS) is 30.6. The second-order valence-electron chi connectivity index (χ2n) is 6.97. The van der Waals surface area contributed by atoms with Crippen LogP contribution in [0.1, 0.15) is 44.5 Å². The number of carbonyl (C=O) groups is 1. The van der Waals surface area contributed by atoms with E-state index >= 15 is 0 Å². The van der Waals surface area contributed by atoms with Crippen LogP contribution >= 0.6 is 0 Å². The highest BCUT2D eigenvalue weighted by molar-refractivity contribution is 5.85. The summed E-state index contributed by atoms with van der Waals surface area (Å²) >= 11 is 0. The minimum absolute atomic E-state index is 0.0242. The summed E-state index contributed by atoms with van der Waals surface area (Å²) in [5.41, 5.74) is 2.47. The Morgan fingerprint density at radius 2 is 2.05 bits per heavy atom. The Balaban J connectivity index is 1.93. The standard InChI is InChI=1S/C17H24N2O2/c1-10-8-12(6-7-13(10)21-5)15-18-11(2)16(20)19(15)14-9-17(14,3)4/h6-8,11,14-15,18H,9H2,1-5H3. The molecule has 0 bridgehead atoms. The molecule has 1 saturated carbocycles. The number of aryl methyl sites for hydroxylation is 1. The van der Waals surface area contributed by atoms with Gasteiger partial charge >= 0.3 is 0 Å². The van der Waals surface area contributed by atoms with Gasteiger partial charge in [-0.2, -0.15) is 0 Å². The number of ether oxygens (including phenoxy) is 1. The highest BCUT2D eigenvalue weighted by atomic mass is 16.5. The maximum atomic E-state index is 12.5. The smallest absolute Gasteiger partial charge is 0.241 e. The lowest BCUT2D eigenvalue weighted by atomic mass is 10.1. The van der Waals surface area contributed by atoms with E-state index in [0.717, 1.165) is 23.3 Å². The van der Waals surface area contributed by atoms with Crippen LogP contribution in [-0.4, -0.2) is 30.0 Å². The Morgan fingerprint density at radius 1 is 1.38 bits per heavy atom. The van der Waals surface area contributed by atoms with Gasteiger partial charge in [0.1, 0.15) is 11.9 Å². The number of amides is 1. The minimum Gasteiger partial charge on any atom is -0.496 e. The lowest BCUT2D eigenvalue weighted by molar-refractivity contribution is -0.130. The van der Waals surface area contributed by atoms with Crippen molar-refractivity contribution in [1.82, 2.24) is 10.2 Å². The minimum atomic E-state index is -0.117. The average molecular weight is 288 g/mol. The molecule has 21 heavy (non-hydrogen) atoms. The van der Waals surface area contributed by atoms with Crippen molar-refractivity contribution in [2.75, 3.05) is 7.11 Å². The molecule has 0 aromatic heterocycles. The van der Waals surface area contributed by atoms with Crippen molar-refractivity contribution < 1.29 is 9.53 Å². The summed E-state index contributed by atoms with van der Waals surface area (Å²) in [6, 6.07) is 6.38. The van der Waals surface area contributed by atoms with E-state index in [9.17, 15) is 4.79 Å². The topological polar surface area (TPSA) is 41.6 Å². The van der Waals surface area contributed by atoms with E-state index in [1.807, 2.05) is 24.8 Å². The van der Waals surface area contributed by atoms with Gasteiger partial charge in [-0.05, 0) is 48.9 Å². The molecule has 1 N–H and O–H groups in total. The zero-order chi connectivity index (χ0) is 15.4. The van der Waals surface area contributed by atoms with Crippen LogP contribution in [0, 0.1) is 12.3 Å². The van der Waals surface area contributed by atoms with Gasteiger partial charge in [-0.25, -0.2) is 0 Å². The van der Waals surface area contributed by atoms with Gasteiger partial charge in [0.25, 0.3) is 0 Å². The lowest BCUT2D eigenvalue weighted by Crippen LogP contribution is -2.34. The fourth-order valence-corrected chi connectivity index (χ4v) is 3.32. The quantitative estimate of drug-likeness (QED) is 0.929. The van der Waals surface area contributed by atoms with Gasteiger partial charge < -0.3 is 9.64 Å². The first-order valence-electron chi connectivity index (χ1n) is 7.58. The van der Waals surface area contributed by atoms with Gasteiger partial charge in [-0.3, -0.25) is 10.1 Å². The molecule has 3 unspecified atom stereocenters. The highest BCUT2D eigenvalue weighted by Crippen LogP contribution is 2.52. The average Bonchev–Trinajstić information content (AvgIpc) is 2.94. The van der Waals surface area contributed by atoms with Gasteiger partial charge in [-0.1, -0.05) is 19.9 Å². The van der Waals surface area contributed by atoms with Crippen LogP contribution in [0.4, 0.5) is 0 Å². The molecule has 1 amide bonds. The molecule has 2 fully saturated rings. The molecule has 3 rings (SSSR count). The van der Waals surface area contributed by atoms with Crippen molar-refractivity contribution in [2.24, 2.45) is 5.41 Å². The molecular formula is C17H24N2O2. The molecule has 2 aliphatic rings. The van der Waals surface area contributed by atoms with Gasteiger partial charge in [0.15, 0.2) is 0 Å². The van der Waals surface area contributed by atoms with E-state index in [-0.39, 0.29) is 23.5 Å². The maximum Gasteiger partial charge on any atom is 0.241 e. The Hall–Kier alpha value is -1.55. The van der Waals surface area contributed by atoms with Crippen molar-refractivity contribution in [2.45, 2.75) is 52.4 Å². The molecule has 0 radical (unpaired) electrons. The van der Waals surface area contributed by atoms with E-state index in [4.69, 9.17) is 4.74 Å². The number of nitrogens with one attached hydrogen (secondary N) is 1. The first kappa shape index (κ1) is 14.4. The summed E-state index contributed by atoms with van der Waals surface area (Å²) in [6.07, 6.45) is 1.06. The van der Waals surface area contributed by atoms with Crippen LogP contribution in [0.3, 0.4) is 0 Å². The molecule has 1 aromatic rings. The third kappa shape index (κ3) is 2.31. The van der Waals surface area contributed by atoms with Crippen molar-refractivity contribution in [1.29, 1.82) is 0 Å². The van der Waals surface area contributed by atoms with Crippen LogP contribution in [0.2, 0.25) is 0 Å². The number of benzene rings is 1. The van der Waals surface area contributed by atoms with Crippen LogP contribution < -0.4 is 10.1 Å². The van der Waals surface area contributed by atoms with Crippen LogP contribution in [0.5, 0.6) is 5.75 Å². The summed E-state index contributed by atoms with van der Waals surface area (Å²) < 4.78 is 5.32. The fourth-order valence-electron chi connectivity index (χ4n) is 3.32. The largest absolute Gasteiger partial charge is 0.496 e. The maximum absolute atomic E-state index is 12.5. The molecule has 1 aliphatic heterocycles. The summed E-state index contributed by atoms with van der Waals surface area (Å²) in [5, 5.41) is 3.43. The van der Waals surface area contributed by atoms with E-state index in [2.05, 4.69) is 31.3 Å². The highest BCUT2D eigenvalue weighted by Gasteiger charge is 2.55. The van der Waals surface area contributed by atoms with E-state index in [1.165, 1.54) is 0 Å². The lowest BCUT2D eigenvalue weighted by Gasteiger charge is -2.26. The van der Waals surface area contributed by atoms with Gasteiger partial charge in [-0.15, -0.1) is 0 Å². The number of methoxy groups -OCH3 is 1. The summed E-state index contributed by atoms with van der Waals surface area (Å²) in [5.74, 6) is 1.10. The molecule has 3 atom stereocenters. The predicted molar refractivity (Wildman–Crippen MR) is 82.1 cm³/mol. The van der Waals surface area contributed by atoms with Crippen molar-refractivity contribution >= 4 is 5.91 Å². The first-order valence-corrected chi connectivity index (χ1v) is 7.58. The molecular weight excluding hydrogens is 264 g/mol. The molecule has 1 heterocycles. The second kappa shape index (κ2) is 4.73. The van der Waals surface area contributed by atoms with Crippen LogP contribution in [0.15, 0.2) is 18.2 Å². The second-order valence-corrected chi connectivity index (χ2v) is 6.97. The molecule has 4 heteroatoms. The Kier molecular flexibility index (Phi) is 3.24. The molecule has 114 valence electrons.